The molecule has 0 radical (unpaired) electrons. The summed E-state index contributed by atoms with van der Waals surface area (Å²) < 4.78 is 1.61. The minimum absolute atomic E-state index is 0.102. The lowest BCUT2D eigenvalue weighted by molar-refractivity contribution is 0.0737. The van der Waals surface area contributed by atoms with Crippen molar-refractivity contribution in [2.24, 2.45) is 0 Å². The molecule has 166 valence electrons. The molecule has 0 saturated carbocycles. The molecule has 1 aliphatic heterocycles. The second-order valence-electron chi connectivity index (χ2n) is 7.69. The second-order valence-corrected chi connectivity index (χ2v) is 8.13. The first-order valence-corrected chi connectivity index (χ1v) is 11.0. The highest BCUT2D eigenvalue weighted by atomic mass is 35.5. The van der Waals surface area contributed by atoms with E-state index >= 15 is 0 Å². The van der Waals surface area contributed by atoms with Crippen molar-refractivity contribution in [3.05, 3.63) is 83.3 Å². The third kappa shape index (κ3) is 4.30. The van der Waals surface area contributed by atoms with Crippen LogP contribution in [-0.4, -0.2) is 57.5 Å². The lowest BCUT2D eigenvalue weighted by atomic mass is 10.1. The molecule has 0 unspecified atom stereocenters. The Labute approximate surface area is 195 Å². The highest BCUT2D eigenvalue weighted by Crippen LogP contribution is 2.26. The first kappa shape index (κ1) is 21.1. The number of halogens is 1. The number of nitrogens with zero attached hydrogens (tertiary/aromatic N) is 4. The van der Waals surface area contributed by atoms with Crippen molar-refractivity contribution < 1.29 is 9.59 Å². The number of carbonyl (C=O) groups is 2. The summed E-state index contributed by atoms with van der Waals surface area (Å²) >= 11 is 6.14. The van der Waals surface area contributed by atoms with E-state index < -0.39 is 5.91 Å². The monoisotopic (exact) mass is 460 g/mol. The molecule has 0 spiro atoms. The number of hydrogen-bond donors (Lipinski definition) is 2. The lowest BCUT2D eigenvalue weighted by Crippen LogP contribution is -2.46. The molecule has 9 heteroatoms. The normalized spacial score (nSPS) is 13.8. The lowest BCUT2D eigenvalue weighted by Gasteiger charge is -2.28. The zero-order chi connectivity index (χ0) is 22.8. The summed E-state index contributed by atoms with van der Waals surface area (Å²) in [6, 6.07) is 16.0. The van der Waals surface area contributed by atoms with E-state index in [0.29, 0.717) is 35.0 Å². The van der Waals surface area contributed by atoms with E-state index in [2.05, 4.69) is 20.7 Å². The van der Waals surface area contributed by atoms with Crippen LogP contribution < -0.4 is 10.6 Å². The first-order valence-electron chi connectivity index (χ1n) is 10.6. The minimum Gasteiger partial charge on any atom is -0.336 e. The molecular weight excluding hydrogens is 440 g/mol. The standard InChI is InChI=1S/C24H21ClN6O2/c25-17-5-3-4-16(14-17)19-15-27-31-11-8-21(28-22(19)31)23(32)29-20-7-2-1-6-18(20)24(33)30-12-9-26-10-13-30/h1-8,11,14-15,26H,9-10,12-13H2,(H,29,32). The van der Waals surface area contributed by atoms with Crippen molar-refractivity contribution in [2.45, 2.75) is 0 Å². The summed E-state index contributed by atoms with van der Waals surface area (Å²) in [5, 5.41) is 11.0. The molecule has 0 bridgehead atoms. The van der Waals surface area contributed by atoms with Crippen LogP contribution in [0, 0.1) is 0 Å². The molecule has 2 N–H and O–H groups in total. The van der Waals surface area contributed by atoms with Gasteiger partial charge in [-0.05, 0) is 35.9 Å². The molecule has 0 aliphatic carbocycles. The Kier molecular flexibility index (Phi) is 5.77. The molecule has 0 atom stereocenters. The molecule has 2 amide bonds. The average Bonchev–Trinajstić information content (AvgIpc) is 3.28. The predicted molar refractivity (Wildman–Crippen MR) is 127 cm³/mol. The van der Waals surface area contributed by atoms with Gasteiger partial charge in [-0.2, -0.15) is 5.10 Å². The van der Waals surface area contributed by atoms with Crippen molar-refractivity contribution in [3.63, 3.8) is 0 Å². The van der Waals surface area contributed by atoms with Gasteiger partial charge in [-0.1, -0.05) is 35.9 Å². The van der Waals surface area contributed by atoms with E-state index in [1.807, 2.05) is 18.2 Å². The highest BCUT2D eigenvalue weighted by Gasteiger charge is 2.22. The smallest absolute Gasteiger partial charge is 0.274 e. The van der Waals surface area contributed by atoms with Crippen LogP contribution in [-0.2, 0) is 0 Å². The third-order valence-electron chi connectivity index (χ3n) is 5.55. The largest absolute Gasteiger partial charge is 0.336 e. The van der Waals surface area contributed by atoms with Crippen LogP contribution in [0.15, 0.2) is 67.0 Å². The molecule has 3 heterocycles. The van der Waals surface area contributed by atoms with Crippen molar-refractivity contribution in [1.29, 1.82) is 0 Å². The number of carbonyl (C=O) groups excluding carboxylic acids is 2. The topological polar surface area (TPSA) is 91.6 Å². The molecule has 2 aromatic carbocycles. The number of rotatable bonds is 4. The number of nitrogens with one attached hydrogen (secondary N) is 2. The maximum atomic E-state index is 13.1. The van der Waals surface area contributed by atoms with Gasteiger partial charge in [0.15, 0.2) is 5.65 Å². The van der Waals surface area contributed by atoms with Crippen LogP contribution in [0.1, 0.15) is 20.8 Å². The van der Waals surface area contributed by atoms with Crippen LogP contribution in [0.5, 0.6) is 0 Å². The number of para-hydroxylation sites is 1. The van der Waals surface area contributed by atoms with Crippen LogP contribution in [0.25, 0.3) is 16.8 Å². The number of benzene rings is 2. The fourth-order valence-electron chi connectivity index (χ4n) is 3.86. The van der Waals surface area contributed by atoms with Crippen molar-refractivity contribution >= 4 is 34.7 Å². The fraction of sp³-hybridized carbons (Fsp3) is 0.167. The van der Waals surface area contributed by atoms with Crippen molar-refractivity contribution in [2.75, 3.05) is 31.5 Å². The summed E-state index contributed by atoms with van der Waals surface area (Å²) in [7, 11) is 0. The maximum Gasteiger partial charge on any atom is 0.274 e. The van der Waals surface area contributed by atoms with E-state index in [4.69, 9.17) is 11.6 Å². The molecule has 4 aromatic rings. The number of anilines is 1. The van der Waals surface area contributed by atoms with Gasteiger partial charge in [-0.25, -0.2) is 9.50 Å². The molecule has 1 saturated heterocycles. The SMILES string of the molecule is O=C(Nc1ccccc1C(=O)N1CCNCC1)c1ccn2ncc(-c3cccc(Cl)c3)c2n1. The molecule has 2 aromatic heterocycles. The van der Waals surface area contributed by atoms with Crippen molar-refractivity contribution in [1.82, 2.24) is 24.8 Å². The Morgan fingerprint density at radius 3 is 2.67 bits per heavy atom. The molecule has 5 rings (SSSR count). The van der Waals surface area contributed by atoms with Gasteiger partial charge in [-0.3, -0.25) is 9.59 Å². The Morgan fingerprint density at radius 2 is 1.85 bits per heavy atom. The van der Waals surface area contributed by atoms with Gasteiger partial charge in [0.25, 0.3) is 11.8 Å². The molecule has 1 aliphatic rings. The second kappa shape index (κ2) is 9.01. The highest BCUT2D eigenvalue weighted by molar-refractivity contribution is 6.30. The number of fused-ring (bicyclic) bond motifs is 1. The van der Waals surface area contributed by atoms with E-state index in [9.17, 15) is 9.59 Å². The Hall–Kier alpha value is -3.75. The molecule has 8 nitrogen and oxygen atoms in total. The fourth-order valence-corrected chi connectivity index (χ4v) is 4.05. The summed E-state index contributed by atoms with van der Waals surface area (Å²) in [5.74, 6) is -0.508. The summed E-state index contributed by atoms with van der Waals surface area (Å²) in [6.07, 6.45) is 3.38. The van der Waals surface area contributed by atoms with Gasteiger partial charge in [0, 0.05) is 43.0 Å². The van der Waals surface area contributed by atoms with Crippen LogP contribution in [0.4, 0.5) is 5.69 Å². The number of piperazine rings is 1. The zero-order valence-corrected chi connectivity index (χ0v) is 18.4. The van der Waals surface area contributed by atoms with Gasteiger partial charge in [0.05, 0.1) is 17.4 Å². The van der Waals surface area contributed by atoms with E-state index in [1.54, 1.807) is 58.2 Å². The van der Waals surface area contributed by atoms with Gasteiger partial charge in [0.1, 0.15) is 5.69 Å². The van der Waals surface area contributed by atoms with Crippen LogP contribution in [0.3, 0.4) is 0 Å². The summed E-state index contributed by atoms with van der Waals surface area (Å²) in [5.41, 5.74) is 3.29. The average molecular weight is 461 g/mol. The van der Waals surface area contributed by atoms with E-state index in [-0.39, 0.29) is 11.6 Å². The van der Waals surface area contributed by atoms with Crippen molar-refractivity contribution in [3.8, 4) is 11.1 Å². The quantitative estimate of drug-likeness (QED) is 0.487. The number of hydrogen-bond acceptors (Lipinski definition) is 5. The maximum absolute atomic E-state index is 13.1. The minimum atomic E-state index is -0.406. The zero-order valence-electron chi connectivity index (χ0n) is 17.7. The number of amides is 2. The van der Waals surface area contributed by atoms with Gasteiger partial charge < -0.3 is 15.5 Å². The van der Waals surface area contributed by atoms with E-state index in [0.717, 1.165) is 24.2 Å². The van der Waals surface area contributed by atoms with Crippen LogP contribution in [0.2, 0.25) is 5.02 Å². The van der Waals surface area contributed by atoms with Gasteiger partial charge in [0.2, 0.25) is 0 Å². The molecular formula is C24H21ClN6O2. The molecule has 1 fully saturated rings. The Balaban J connectivity index is 1.43. The molecule has 33 heavy (non-hydrogen) atoms. The number of aromatic nitrogens is 3. The predicted octanol–water partition coefficient (Wildman–Crippen LogP) is 3.35. The Morgan fingerprint density at radius 1 is 1.03 bits per heavy atom. The van der Waals surface area contributed by atoms with Crippen LogP contribution >= 0.6 is 11.6 Å². The third-order valence-corrected chi connectivity index (χ3v) is 5.78. The summed E-state index contributed by atoms with van der Waals surface area (Å²) in [6.45, 7) is 2.77. The first-order chi connectivity index (χ1) is 16.1. The van der Waals surface area contributed by atoms with Gasteiger partial charge >= 0.3 is 0 Å². The van der Waals surface area contributed by atoms with Gasteiger partial charge in [-0.15, -0.1) is 0 Å². The van der Waals surface area contributed by atoms with E-state index in [1.165, 1.54) is 0 Å². The Bertz CT molecular complexity index is 1350. The summed E-state index contributed by atoms with van der Waals surface area (Å²) in [4.78, 5) is 32.4.